The van der Waals surface area contributed by atoms with Crippen LogP contribution in [0.4, 0.5) is 0 Å². The summed E-state index contributed by atoms with van der Waals surface area (Å²) < 4.78 is 0. The molecular formula is C26H35N. The molecule has 0 saturated carbocycles. The van der Waals surface area contributed by atoms with E-state index in [0.717, 1.165) is 19.5 Å². The lowest BCUT2D eigenvalue weighted by Gasteiger charge is -2.41. The van der Waals surface area contributed by atoms with Gasteiger partial charge in [-0.3, -0.25) is 4.90 Å². The van der Waals surface area contributed by atoms with Crippen molar-refractivity contribution >= 4 is 12.2 Å². The molecule has 0 aliphatic rings. The van der Waals surface area contributed by atoms with Crippen LogP contribution in [0.1, 0.15) is 52.2 Å². The van der Waals surface area contributed by atoms with Crippen LogP contribution < -0.4 is 0 Å². The summed E-state index contributed by atoms with van der Waals surface area (Å²) in [6.07, 6.45) is 10.2. The lowest BCUT2D eigenvalue weighted by atomic mass is 9.80. The van der Waals surface area contributed by atoms with Gasteiger partial charge in [0.25, 0.3) is 0 Å². The van der Waals surface area contributed by atoms with Gasteiger partial charge in [-0.25, -0.2) is 0 Å². The molecule has 144 valence electrons. The standard InChI is InChI=1S/C26H35N/c1-25(2,3)22-26(4,5)27(20-12-18-23-14-8-6-9-15-23)21-13-19-24-16-10-7-11-17-24/h6-19H,20-22H2,1-5H3. The molecule has 0 aromatic heterocycles. The molecule has 0 N–H and O–H groups in total. The molecule has 1 heteroatoms. The minimum Gasteiger partial charge on any atom is -0.291 e. The molecule has 0 saturated heterocycles. The molecule has 0 radical (unpaired) electrons. The van der Waals surface area contributed by atoms with Crippen molar-refractivity contribution in [3.8, 4) is 0 Å². The van der Waals surface area contributed by atoms with Crippen LogP contribution in [0.3, 0.4) is 0 Å². The third-order valence-electron chi connectivity index (χ3n) is 4.69. The van der Waals surface area contributed by atoms with Gasteiger partial charge >= 0.3 is 0 Å². The van der Waals surface area contributed by atoms with E-state index in [-0.39, 0.29) is 5.54 Å². The first-order valence-electron chi connectivity index (χ1n) is 9.95. The highest BCUT2D eigenvalue weighted by molar-refractivity contribution is 5.49. The predicted octanol–water partition coefficient (Wildman–Crippen LogP) is 6.93. The monoisotopic (exact) mass is 361 g/mol. The van der Waals surface area contributed by atoms with E-state index >= 15 is 0 Å². The van der Waals surface area contributed by atoms with Crippen molar-refractivity contribution in [1.82, 2.24) is 4.90 Å². The zero-order chi connectivity index (χ0) is 19.8. The van der Waals surface area contributed by atoms with Gasteiger partial charge in [0.2, 0.25) is 0 Å². The Morgan fingerprint density at radius 1 is 0.667 bits per heavy atom. The summed E-state index contributed by atoms with van der Waals surface area (Å²) in [5.74, 6) is 0. The van der Waals surface area contributed by atoms with Crippen LogP contribution in [-0.2, 0) is 0 Å². The molecule has 2 aromatic rings. The first-order valence-corrected chi connectivity index (χ1v) is 9.95. The molecule has 0 heterocycles. The van der Waals surface area contributed by atoms with Crippen LogP contribution in [0.5, 0.6) is 0 Å². The number of nitrogens with zero attached hydrogens (tertiary/aromatic N) is 1. The lowest BCUT2D eigenvalue weighted by Crippen LogP contribution is -2.46. The van der Waals surface area contributed by atoms with Gasteiger partial charge < -0.3 is 0 Å². The van der Waals surface area contributed by atoms with E-state index in [9.17, 15) is 0 Å². The minimum atomic E-state index is 0.125. The highest BCUT2D eigenvalue weighted by Gasteiger charge is 2.30. The molecule has 27 heavy (non-hydrogen) atoms. The lowest BCUT2D eigenvalue weighted by molar-refractivity contribution is 0.101. The number of hydrogen-bond donors (Lipinski definition) is 0. The summed E-state index contributed by atoms with van der Waals surface area (Å²) in [5, 5.41) is 0. The summed E-state index contributed by atoms with van der Waals surface area (Å²) in [6, 6.07) is 21.1. The number of hydrogen-bond acceptors (Lipinski definition) is 1. The van der Waals surface area contributed by atoms with Crippen LogP contribution in [0.2, 0.25) is 0 Å². The second-order valence-corrected chi connectivity index (χ2v) is 9.08. The maximum Gasteiger partial charge on any atom is 0.0175 e. The quantitative estimate of drug-likeness (QED) is 0.493. The van der Waals surface area contributed by atoms with Gasteiger partial charge in [0.15, 0.2) is 0 Å². The SMILES string of the molecule is CC(C)(C)CC(C)(C)N(CC=Cc1ccccc1)CC=Cc1ccccc1. The Labute approximate surface area is 166 Å². The van der Waals surface area contributed by atoms with Gasteiger partial charge in [0.1, 0.15) is 0 Å². The van der Waals surface area contributed by atoms with Gasteiger partial charge in [0.05, 0.1) is 0 Å². The van der Waals surface area contributed by atoms with E-state index in [0.29, 0.717) is 5.41 Å². The molecule has 0 bridgehead atoms. The Hall–Kier alpha value is -2.12. The molecule has 0 aliphatic heterocycles. The molecule has 0 atom stereocenters. The molecule has 0 amide bonds. The van der Waals surface area contributed by atoms with Crippen LogP contribution in [0.15, 0.2) is 72.8 Å². The zero-order valence-electron chi connectivity index (χ0n) is 17.7. The highest BCUT2D eigenvalue weighted by atomic mass is 15.2. The van der Waals surface area contributed by atoms with Crippen LogP contribution in [0.25, 0.3) is 12.2 Å². The fourth-order valence-electron chi connectivity index (χ4n) is 3.74. The molecular weight excluding hydrogens is 326 g/mol. The maximum absolute atomic E-state index is 2.57. The van der Waals surface area contributed by atoms with Gasteiger partial charge in [-0.1, -0.05) is 106 Å². The third kappa shape index (κ3) is 7.97. The fraction of sp³-hybridized carbons (Fsp3) is 0.385. The predicted molar refractivity (Wildman–Crippen MR) is 121 cm³/mol. The minimum absolute atomic E-state index is 0.125. The van der Waals surface area contributed by atoms with Crippen molar-refractivity contribution in [1.29, 1.82) is 0 Å². The van der Waals surface area contributed by atoms with Crippen molar-refractivity contribution in [3.63, 3.8) is 0 Å². The van der Waals surface area contributed by atoms with Crippen molar-refractivity contribution < 1.29 is 0 Å². The first kappa shape index (κ1) is 21.2. The van der Waals surface area contributed by atoms with Crippen LogP contribution >= 0.6 is 0 Å². The Morgan fingerprint density at radius 2 is 1.07 bits per heavy atom. The van der Waals surface area contributed by atoms with E-state index < -0.39 is 0 Å². The summed E-state index contributed by atoms with van der Waals surface area (Å²) in [7, 11) is 0. The molecule has 1 nitrogen and oxygen atoms in total. The highest BCUT2D eigenvalue weighted by Crippen LogP contribution is 2.31. The molecule has 0 aliphatic carbocycles. The Balaban J connectivity index is 2.09. The topological polar surface area (TPSA) is 3.24 Å². The average Bonchev–Trinajstić information content (AvgIpc) is 2.60. The normalized spacial score (nSPS) is 13.1. The van der Waals surface area contributed by atoms with E-state index in [1.807, 2.05) is 0 Å². The molecule has 2 aromatic carbocycles. The maximum atomic E-state index is 2.57. The second-order valence-electron chi connectivity index (χ2n) is 9.08. The first-order chi connectivity index (χ1) is 12.8. The Bertz CT molecular complexity index is 666. The van der Waals surface area contributed by atoms with Crippen molar-refractivity contribution in [2.45, 2.75) is 46.6 Å². The van der Waals surface area contributed by atoms with Crippen molar-refractivity contribution in [2.24, 2.45) is 5.41 Å². The summed E-state index contributed by atoms with van der Waals surface area (Å²) in [4.78, 5) is 2.57. The molecule has 0 unspecified atom stereocenters. The van der Waals surface area contributed by atoms with Gasteiger partial charge in [0, 0.05) is 18.6 Å². The van der Waals surface area contributed by atoms with E-state index in [1.165, 1.54) is 11.1 Å². The smallest absolute Gasteiger partial charge is 0.0175 e. The molecule has 2 rings (SSSR count). The zero-order valence-corrected chi connectivity index (χ0v) is 17.7. The third-order valence-corrected chi connectivity index (χ3v) is 4.69. The van der Waals surface area contributed by atoms with Crippen molar-refractivity contribution in [3.05, 3.63) is 83.9 Å². The number of rotatable bonds is 8. The van der Waals surface area contributed by atoms with Crippen LogP contribution in [-0.4, -0.2) is 23.5 Å². The Morgan fingerprint density at radius 3 is 1.44 bits per heavy atom. The Kier molecular flexibility index (Phi) is 7.62. The fourth-order valence-corrected chi connectivity index (χ4v) is 3.74. The molecule has 0 spiro atoms. The van der Waals surface area contributed by atoms with E-state index in [1.54, 1.807) is 0 Å². The molecule has 0 fully saturated rings. The average molecular weight is 362 g/mol. The van der Waals surface area contributed by atoms with Gasteiger partial charge in [-0.2, -0.15) is 0 Å². The summed E-state index contributed by atoms with van der Waals surface area (Å²) >= 11 is 0. The van der Waals surface area contributed by atoms with E-state index in [4.69, 9.17) is 0 Å². The second kappa shape index (κ2) is 9.71. The largest absolute Gasteiger partial charge is 0.291 e. The van der Waals surface area contributed by atoms with Gasteiger partial charge in [-0.15, -0.1) is 0 Å². The van der Waals surface area contributed by atoms with Gasteiger partial charge in [-0.05, 0) is 36.8 Å². The summed E-state index contributed by atoms with van der Waals surface area (Å²) in [6.45, 7) is 13.6. The summed E-state index contributed by atoms with van der Waals surface area (Å²) in [5.41, 5.74) is 2.94. The number of benzene rings is 2. The van der Waals surface area contributed by atoms with Crippen LogP contribution in [0, 0.1) is 5.41 Å². The van der Waals surface area contributed by atoms with E-state index in [2.05, 4.69) is 124 Å². The van der Waals surface area contributed by atoms with Crippen molar-refractivity contribution in [2.75, 3.05) is 13.1 Å².